The highest BCUT2D eigenvalue weighted by Gasteiger charge is 2.19. The Bertz CT molecular complexity index is 184. The largest absolute Gasteiger partial charge is 0.395 e. The second-order valence-electron chi connectivity index (χ2n) is 4.06. The summed E-state index contributed by atoms with van der Waals surface area (Å²) in [4.78, 5) is 2.35. The molecule has 1 fully saturated rings. The molecule has 0 aromatic heterocycles. The summed E-state index contributed by atoms with van der Waals surface area (Å²) in [7, 11) is 0. The van der Waals surface area contributed by atoms with E-state index in [2.05, 4.69) is 24.1 Å². The van der Waals surface area contributed by atoms with Gasteiger partial charge in [-0.05, 0) is 19.4 Å². The monoisotopic (exact) mass is 215 g/mol. The van der Waals surface area contributed by atoms with Gasteiger partial charge in [0.1, 0.15) is 0 Å². The average Bonchev–Trinajstić information content (AvgIpc) is 2.42. The highest BCUT2D eigenvalue weighted by atomic mass is 32.1. The highest BCUT2D eigenvalue weighted by Crippen LogP contribution is 2.17. The second-order valence-corrected chi connectivity index (χ2v) is 4.38. The number of rotatable bonds is 4. The van der Waals surface area contributed by atoms with E-state index in [0.29, 0.717) is 6.04 Å². The molecule has 0 amide bonds. The zero-order chi connectivity index (χ0) is 10.4. The maximum Gasteiger partial charge on any atom is 0.0586 e. The van der Waals surface area contributed by atoms with Crippen LogP contribution in [0.3, 0.4) is 0 Å². The molecule has 1 atom stereocenters. The van der Waals surface area contributed by atoms with Crippen molar-refractivity contribution in [1.82, 2.24) is 4.90 Å². The summed E-state index contributed by atoms with van der Waals surface area (Å²) < 4.78 is 0. The molecule has 82 valence electrons. The smallest absolute Gasteiger partial charge is 0.0586 e. The first kappa shape index (κ1) is 12.1. The van der Waals surface area contributed by atoms with Gasteiger partial charge in [0.25, 0.3) is 0 Å². The molecule has 0 aromatic carbocycles. The molecule has 2 nitrogen and oxygen atoms in total. The van der Waals surface area contributed by atoms with Crippen LogP contribution in [0.15, 0.2) is 12.2 Å². The Hall–Kier alpha value is 0.01000. The van der Waals surface area contributed by atoms with Gasteiger partial charge in [-0.15, -0.1) is 0 Å². The molecule has 1 unspecified atom stereocenters. The van der Waals surface area contributed by atoms with E-state index in [1.54, 1.807) is 0 Å². The summed E-state index contributed by atoms with van der Waals surface area (Å²) in [6.07, 6.45) is 4.90. The lowest BCUT2D eigenvalue weighted by molar-refractivity contribution is 0.133. The number of aliphatic hydroxyl groups excluding tert-OH is 1. The molecule has 0 spiro atoms. The van der Waals surface area contributed by atoms with E-state index in [1.807, 2.05) is 0 Å². The van der Waals surface area contributed by atoms with E-state index in [0.717, 1.165) is 30.8 Å². The number of hydrogen-bond donors (Lipinski definition) is 2. The maximum atomic E-state index is 9.28. The number of aliphatic hydroxyl groups is 1. The molecule has 1 rings (SSSR count). The van der Waals surface area contributed by atoms with Gasteiger partial charge in [0, 0.05) is 18.3 Å². The normalized spacial score (nSPS) is 24.6. The lowest BCUT2D eigenvalue weighted by atomic mass is 10.1. The fourth-order valence-electron chi connectivity index (χ4n) is 1.99. The lowest BCUT2D eigenvalue weighted by Crippen LogP contribution is -2.38. The fraction of sp³-hybridized carbons (Fsp3) is 0.818. The Morgan fingerprint density at radius 3 is 2.86 bits per heavy atom. The third kappa shape index (κ3) is 3.64. The first-order valence-electron chi connectivity index (χ1n) is 5.40. The van der Waals surface area contributed by atoms with Gasteiger partial charge in [-0.2, -0.15) is 12.6 Å². The van der Waals surface area contributed by atoms with Gasteiger partial charge in [0.15, 0.2) is 0 Å². The molecule has 0 radical (unpaired) electrons. The van der Waals surface area contributed by atoms with E-state index < -0.39 is 0 Å². The van der Waals surface area contributed by atoms with Crippen LogP contribution in [0, 0.1) is 0 Å². The fourth-order valence-corrected chi connectivity index (χ4v) is 2.09. The maximum absolute atomic E-state index is 9.28. The number of hydrogen-bond acceptors (Lipinski definition) is 3. The molecule has 0 aliphatic carbocycles. The van der Waals surface area contributed by atoms with Gasteiger partial charge in [-0.1, -0.05) is 25.0 Å². The molecule has 1 aliphatic rings. The van der Waals surface area contributed by atoms with Crippen LogP contribution in [0.5, 0.6) is 0 Å². The Balaban J connectivity index is 2.47. The first-order chi connectivity index (χ1) is 6.77. The molecule has 1 heterocycles. The van der Waals surface area contributed by atoms with Gasteiger partial charge in [-0.25, -0.2) is 0 Å². The topological polar surface area (TPSA) is 23.5 Å². The standard InChI is InChI=1S/C11H21NOS/c1-10(9-14)7-12-6-4-2-3-5-11(12)8-13/h11,13-14H,1-9H2. The molecular formula is C11H21NOS. The van der Waals surface area contributed by atoms with Crippen LogP contribution in [0.25, 0.3) is 0 Å². The van der Waals surface area contributed by atoms with Gasteiger partial charge in [-0.3, -0.25) is 4.90 Å². The van der Waals surface area contributed by atoms with Crippen LogP contribution in [0.4, 0.5) is 0 Å². The number of nitrogens with zero attached hydrogens (tertiary/aromatic N) is 1. The second kappa shape index (κ2) is 6.49. The molecule has 3 heteroatoms. The minimum atomic E-state index is 0.278. The van der Waals surface area contributed by atoms with Crippen molar-refractivity contribution in [3.8, 4) is 0 Å². The summed E-state index contributed by atoms with van der Waals surface area (Å²) >= 11 is 4.21. The van der Waals surface area contributed by atoms with Gasteiger partial charge >= 0.3 is 0 Å². The van der Waals surface area contributed by atoms with Crippen molar-refractivity contribution in [3.63, 3.8) is 0 Å². The Morgan fingerprint density at radius 1 is 1.43 bits per heavy atom. The van der Waals surface area contributed by atoms with Crippen molar-refractivity contribution in [3.05, 3.63) is 12.2 Å². The Labute approximate surface area is 92.4 Å². The SMILES string of the molecule is C=C(CS)CN1CCCCCC1CO. The van der Waals surface area contributed by atoms with E-state index in [-0.39, 0.29) is 6.61 Å². The third-order valence-corrected chi connectivity index (χ3v) is 3.31. The molecule has 1 aliphatic heterocycles. The Kier molecular flexibility index (Phi) is 5.60. The van der Waals surface area contributed by atoms with Crippen molar-refractivity contribution >= 4 is 12.6 Å². The Morgan fingerprint density at radius 2 is 2.21 bits per heavy atom. The minimum Gasteiger partial charge on any atom is -0.395 e. The highest BCUT2D eigenvalue weighted by molar-refractivity contribution is 7.80. The van der Waals surface area contributed by atoms with Crippen LogP contribution in [0.2, 0.25) is 0 Å². The first-order valence-corrected chi connectivity index (χ1v) is 6.03. The predicted octanol–water partition coefficient (Wildman–Crippen LogP) is 1.71. The lowest BCUT2D eigenvalue weighted by Gasteiger charge is -2.28. The van der Waals surface area contributed by atoms with Gasteiger partial charge in [0.05, 0.1) is 6.61 Å². The minimum absolute atomic E-state index is 0.278. The number of likely N-dealkylation sites (tertiary alicyclic amines) is 1. The summed E-state index contributed by atoms with van der Waals surface area (Å²) in [6.45, 7) is 6.24. The quantitative estimate of drug-likeness (QED) is 0.551. The van der Waals surface area contributed by atoms with E-state index in [4.69, 9.17) is 0 Å². The summed E-state index contributed by atoms with van der Waals surface area (Å²) in [5.41, 5.74) is 1.15. The van der Waals surface area contributed by atoms with Crippen LogP contribution in [-0.2, 0) is 0 Å². The van der Waals surface area contributed by atoms with Crippen molar-refractivity contribution < 1.29 is 5.11 Å². The predicted molar refractivity (Wildman–Crippen MR) is 63.9 cm³/mol. The van der Waals surface area contributed by atoms with E-state index in [9.17, 15) is 5.11 Å². The third-order valence-electron chi connectivity index (χ3n) is 2.86. The van der Waals surface area contributed by atoms with Crippen LogP contribution < -0.4 is 0 Å². The molecule has 1 N–H and O–H groups in total. The van der Waals surface area contributed by atoms with E-state index >= 15 is 0 Å². The summed E-state index contributed by atoms with van der Waals surface area (Å²) in [6, 6.07) is 0.342. The molecule has 0 saturated carbocycles. The molecular weight excluding hydrogens is 194 g/mol. The van der Waals surface area contributed by atoms with Crippen LogP contribution >= 0.6 is 12.6 Å². The summed E-state index contributed by atoms with van der Waals surface area (Å²) in [5, 5.41) is 9.28. The molecule has 1 saturated heterocycles. The van der Waals surface area contributed by atoms with Crippen LogP contribution in [-0.4, -0.2) is 41.5 Å². The van der Waals surface area contributed by atoms with Crippen molar-refractivity contribution in [2.45, 2.75) is 31.7 Å². The molecule has 0 bridgehead atoms. The molecule has 14 heavy (non-hydrogen) atoms. The van der Waals surface area contributed by atoms with Gasteiger partial charge in [0.2, 0.25) is 0 Å². The average molecular weight is 215 g/mol. The van der Waals surface area contributed by atoms with Crippen LogP contribution in [0.1, 0.15) is 25.7 Å². The van der Waals surface area contributed by atoms with Crippen molar-refractivity contribution in [1.29, 1.82) is 0 Å². The zero-order valence-electron chi connectivity index (χ0n) is 8.78. The van der Waals surface area contributed by atoms with E-state index in [1.165, 1.54) is 19.3 Å². The summed E-state index contributed by atoms with van der Waals surface area (Å²) in [5.74, 6) is 0.745. The van der Waals surface area contributed by atoms with Gasteiger partial charge < -0.3 is 5.11 Å². The number of thiol groups is 1. The zero-order valence-corrected chi connectivity index (χ0v) is 9.68. The van der Waals surface area contributed by atoms with Crippen molar-refractivity contribution in [2.75, 3.05) is 25.4 Å². The molecule has 0 aromatic rings. The van der Waals surface area contributed by atoms with Crippen molar-refractivity contribution in [2.24, 2.45) is 0 Å².